The van der Waals surface area contributed by atoms with Crippen molar-refractivity contribution < 1.29 is 14.4 Å². The molecule has 0 aliphatic heterocycles. The Hall–Kier alpha value is -1.69. The van der Waals surface area contributed by atoms with Gasteiger partial charge in [-0.3, -0.25) is 9.59 Å². The van der Waals surface area contributed by atoms with Gasteiger partial charge in [0.25, 0.3) is 0 Å². The molecule has 3 heteroatoms. The number of rotatable bonds is 5. The highest BCUT2D eigenvalue weighted by molar-refractivity contribution is 5.96. The molecule has 0 spiro atoms. The lowest BCUT2D eigenvalue weighted by atomic mass is 9.50. The Bertz CT molecular complexity index is 588. The molecule has 0 radical (unpaired) electrons. The third-order valence-corrected chi connectivity index (χ3v) is 6.50. The molecule has 0 bridgehead atoms. The summed E-state index contributed by atoms with van der Waals surface area (Å²) >= 11 is 0. The average Bonchev–Trinajstić information content (AvgIpc) is 2.89. The summed E-state index contributed by atoms with van der Waals surface area (Å²) in [5, 5.41) is 0. The number of hydrogen-bond donors (Lipinski definition) is 0. The predicted octanol–water partition coefficient (Wildman–Crippen LogP) is 3.37. The quantitative estimate of drug-likeness (QED) is 0.444. The summed E-state index contributed by atoms with van der Waals surface area (Å²) in [5.41, 5.74) is -2.18. The van der Waals surface area contributed by atoms with E-state index in [2.05, 4.69) is 12.5 Å². The van der Waals surface area contributed by atoms with E-state index in [0.29, 0.717) is 12.8 Å². The number of terminal acetylenes is 1. The number of hydrogen-bond acceptors (Lipinski definition) is 3. The van der Waals surface area contributed by atoms with Gasteiger partial charge < -0.3 is 4.79 Å². The highest BCUT2D eigenvalue weighted by Crippen LogP contribution is 2.60. The van der Waals surface area contributed by atoms with Crippen molar-refractivity contribution in [2.75, 3.05) is 0 Å². The lowest BCUT2D eigenvalue weighted by Gasteiger charge is -2.50. The first kappa shape index (κ1) is 17.7. The summed E-state index contributed by atoms with van der Waals surface area (Å²) in [7, 11) is 0. The van der Waals surface area contributed by atoms with Gasteiger partial charge in [0.05, 0.1) is 0 Å². The fourth-order valence-electron chi connectivity index (χ4n) is 4.54. The van der Waals surface area contributed by atoms with Crippen LogP contribution in [0.4, 0.5) is 0 Å². The standard InChI is InChI=1S/C20H26O3/c1-6-18(4,13-21)12-16(23)19(5)14(3)8-10-20(7-2)11-9-15(22)17(19)20/h2,6,13-14,17H,1,8-12H2,3-5H3/t14-,17?,18?,19+,20+/m1/s1. The van der Waals surface area contributed by atoms with E-state index in [9.17, 15) is 14.4 Å². The maximum Gasteiger partial charge on any atom is 0.141 e. The topological polar surface area (TPSA) is 51.2 Å². The molecular weight excluding hydrogens is 288 g/mol. The first-order valence-corrected chi connectivity index (χ1v) is 8.33. The molecule has 5 atom stereocenters. The third-order valence-electron chi connectivity index (χ3n) is 6.50. The van der Waals surface area contributed by atoms with Crippen molar-refractivity contribution in [3.63, 3.8) is 0 Å². The Morgan fingerprint density at radius 2 is 2.17 bits per heavy atom. The van der Waals surface area contributed by atoms with Crippen LogP contribution in [0, 0.1) is 40.4 Å². The summed E-state index contributed by atoms with van der Waals surface area (Å²) in [5.74, 6) is 2.59. The van der Waals surface area contributed by atoms with E-state index < -0.39 is 22.2 Å². The Morgan fingerprint density at radius 3 is 2.70 bits per heavy atom. The summed E-state index contributed by atoms with van der Waals surface area (Å²) < 4.78 is 0. The maximum absolute atomic E-state index is 13.2. The molecule has 23 heavy (non-hydrogen) atoms. The van der Waals surface area contributed by atoms with Gasteiger partial charge in [-0.25, -0.2) is 0 Å². The van der Waals surface area contributed by atoms with Gasteiger partial charge in [-0.15, -0.1) is 13.0 Å². The van der Waals surface area contributed by atoms with Crippen molar-refractivity contribution in [3.05, 3.63) is 12.7 Å². The molecule has 2 unspecified atom stereocenters. The highest BCUT2D eigenvalue weighted by atomic mass is 16.1. The Labute approximate surface area is 138 Å². The smallest absolute Gasteiger partial charge is 0.141 e. The van der Waals surface area contributed by atoms with Crippen LogP contribution in [-0.4, -0.2) is 17.9 Å². The van der Waals surface area contributed by atoms with Gasteiger partial charge in [0, 0.05) is 35.0 Å². The van der Waals surface area contributed by atoms with E-state index in [1.54, 1.807) is 6.92 Å². The van der Waals surface area contributed by atoms with Gasteiger partial charge in [-0.2, -0.15) is 0 Å². The second kappa shape index (κ2) is 5.74. The number of Topliss-reactive ketones (excluding diaryl/α,β-unsaturated/α-hetero) is 2. The number of carbonyl (C=O) groups is 3. The lowest BCUT2D eigenvalue weighted by Crippen LogP contribution is -2.53. The maximum atomic E-state index is 13.2. The molecule has 2 rings (SSSR count). The largest absolute Gasteiger partial charge is 0.302 e. The molecule has 2 aliphatic rings. The van der Waals surface area contributed by atoms with Crippen LogP contribution in [0.2, 0.25) is 0 Å². The average molecular weight is 314 g/mol. The number of aldehydes is 1. The molecule has 2 saturated carbocycles. The lowest BCUT2D eigenvalue weighted by molar-refractivity contribution is -0.150. The van der Waals surface area contributed by atoms with E-state index in [-0.39, 0.29) is 23.9 Å². The van der Waals surface area contributed by atoms with Crippen molar-refractivity contribution in [1.29, 1.82) is 0 Å². The van der Waals surface area contributed by atoms with Crippen LogP contribution in [0.1, 0.15) is 52.9 Å². The number of fused-ring (bicyclic) bond motifs is 1. The van der Waals surface area contributed by atoms with Crippen molar-refractivity contribution in [3.8, 4) is 12.3 Å². The number of carbonyl (C=O) groups excluding carboxylic acids is 3. The van der Waals surface area contributed by atoms with Gasteiger partial charge in [0.2, 0.25) is 0 Å². The molecule has 0 aromatic heterocycles. The molecule has 0 saturated heterocycles. The van der Waals surface area contributed by atoms with Crippen LogP contribution in [0.3, 0.4) is 0 Å². The minimum absolute atomic E-state index is 0.0425. The van der Waals surface area contributed by atoms with E-state index >= 15 is 0 Å². The zero-order valence-corrected chi connectivity index (χ0v) is 14.4. The van der Waals surface area contributed by atoms with Crippen molar-refractivity contribution >= 4 is 17.9 Å². The second-order valence-corrected chi connectivity index (χ2v) is 7.85. The van der Waals surface area contributed by atoms with Crippen molar-refractivity contribution in [2.45, 2.75) is 52.9 Å². The minimum atomic E-state index is -0.891. The summed E-state index contributed by atoms with van der Waals surface area (Å²) in [6.07, 6.45) is 10.9. The van der Waals surface area contributed by atoms with Gasteiger partial charge in [0.1, 0.15) is 17.9 Å². The predicted molar refractivity (Wildman–Crippen MR) is 89.5 cm³/mol. The van der Waals surface area contributed by atoms with Gasteiger partial charge in [-0.1, -0.05) is 25.8 Å². The zero-order valence-electron chi connectivity index (χ0n) is 14.4. The summed E-state index contributed by atoms with van der Waals surface area (Å²) in [6.45, 7) is 9.28. The fraction of sp³-hybridized carbons (Fsp3) is 0.650. The van der Waals surface area contributed by atoms with Crippen LogP contribution in [0.25, 0.3) is 0 Å². The van der Waals surface area contributed by atoms with Gasteiger partial charge in [-0.05, 0) is 32.1 Å². The van der Waals surface area contributed by atoms with Crippen molar-refractivity contribution in [1.82, 2.24) is 0 Å². The van der Waals surface area contributed by atoms with E-state index in [4.69, 9.17) is 6.42 Å². The molecule has 2 aliphatic carbocycles. The highest BCUT2D eigenvalue weighted by Gasteiger charge is 2.62. The summed E-state index contributed by atoms with van der Waals surface area (Å²) in [6, 6.07) is 0. The van der Waals surface area contributed by atoms with Crippen molar-refractivity contribution in [2.24, 2.45) is 28.1 Å². The van der Waals surface area contributed by atoms with Gasteiger partial charge >= 0.3 is 0 Å². The number of ketones is 2. The normalized spacial score (nSPS) is 39.0. The van der Waals surface area contributed by atoms with Crippen LogP contribution < -0.4 is 0 Å². The molecule has 0 aromatic rings. The fourth-order valence-corrected chi connectivity index (χ4v) is 4.54. The monoisotopic (exact) mass is 314 g/mol. The molecular formula is C20H26O3. The van der Waals surface area contributed by atoms with Crippen LogP contribution in [0.5, 0.6) is 0 Å². The SMILES string of the molecule is C#C[C@]12CCC(=O)C1[C@](C)(C(=O)CC(C)(C=C)C=O)[C@H](C)CC2. The van der Waals surface area contributed by atoms with E-state index in [1.807, 2.05) is 13.8 Å². The van der Waals surface area contributed by atoms with Crippen LogP contribution in [0.15, 0.2) is 12.7 Å². The molecule has 124 valence electrons. The Kier molecular flexibility index (Phi) is 4.41. The summed E-state index contributed by atoms with van der Waals surface area (Å²) in [4.78, 5) is 37.1. The number of allylic oxidation sites excluding steroid dienone is 1. The Morgan fingerprint density at radius 1 is 1.52 bits per heavy atom. The van der Waals surface area contributed by atoms with E-state index in [1.165, 1.54) is 6.08 Å². The second-order valence-electron chi connectivity index (χ2n) is 7.85. The molecule has 3 nitrogen and oxygen atoms in total. The van der Waals surface area contributed by atoms with Gasteiger partial charge in [0.15, 0.2) is 0 Å². The zero-order chi connectivity index (χ0) is 17.5. The molecule has 2 fully saturated rings. The molecule has 0 N–H and O–H groups in total. The first-order valence-electron chi connectivity index (χ1n) is 8.33. The Balaban J connectivity index is 2.46. The first-order chi connectivity index (χ1) is 10.7. The minimum Gasteiger partial charge on any atom is -0.302 e. The van der Waals surface area contributed by atoms with Crippen LogP contribution >= 0.6 is 0 Å². The molecule has 0 aromatic carbocycles. The third kappa shape index (κ3) is 2.49. The van der Waals surface area contributed by atoms with E-state index in [0.717, 1.165) is 19.1 Å². The van der Waals surface area contributed by atoms with Crippen LogP contribution in [-0.2, 0) is 14.4 Å². The molecule has 0 amide bonds. The molecule has 0 heterocycles.